The third-order valence-electron chi connectivity index (χ3n) is 2.08. The van der Waals surface area contributed by atoms with Crippen LogP contribution >= 0.6 is 0 Å². The number of carbonyl (C=O) groups excluding carboxylic acids is 1. The Morgan fingerprint density at radius 3 is 3.00 bits per heavy atom. The number of ether oxygens (including phenoxy) is 1. The van der Waals surface area contributed by atoms with Crippen LogP contribution in [0.4, 0.5) is 0 Å². The first kappa shape index (κ1) is 8.31. The summed E-state index contributed by atoms with van der Waals surface area (Å²) < 4.78 is 4.65. The van der Waals surface area contributed by atoms with Crippen molar-refractivity contribution in [1.82, 2.24) is 0 Å². The molecule has 0 aromatic heterocycles. The van der Waals surface area contributed by atoms with E-state index in [4.69, 9.17) is 0 Å². The zero-order chi connectivity index (χ0) is 8.27. The second-order valence-corrected chi connectivity index (χ2v) is 3.03. The van der Waals surface area contributed by atoms with Crippen molar-refractivity contribution >= 4 is 5.97 Å². The van der Waals surface area contributed by atoms with Crippen LogP contribution in [0.1, 0.15) is 26.2 Å². The summed E-state index contributed by atoms with van der Waals surface area (Å²) in [6.07, 6.45) is 5.22. The van der Waals surface area contributed by atoms with Gasteiger partial charge in [0.1, 0.15) is 0 Å². The lowest BCUT2D eigenvalue weighted by Gasteiger charge is -2.16. The summed E-state index contributed by atoms with van der Waals surface area (Å²) in [4.78, 5) is 11.0. The lowest BCUT2D eigenvalue weighted by Crippen LogP contribution is -2.16. The first-order valence-corrected chi connectivity index (χ1v) is 3.99. The highest BCUT2D eigenvalue weighted by Gasteiger charge is 2.19. The van der Waals surface area contributed by atoms with Crippen LogP contribution in [0.2, 0.25) is 0 Å². The number of carbonyl (C=O) groups is 1. The quantitative estimate of drug-likeness (QED) is 0.426. The average molecular weight is 154 g/mol. The predicted octanol–water partition coefficient (Wildman–Crippen LogP) is 1.91. The Kier molecular flexibility index (Phi) is 2.69. The molecule has 2 heteroatoms. The van der Waals surface area contributed by atoms with Crippen LogP contribution in [0.5, 0.6) is 0 Å². The fraction of sp³-hybridized carbons (Fsp3) is 0.667. The van der Waals surface area contributed by atoms with Crippen LogP contribution in [0.25, 0.3) is 0 Å². The van der Waals surface area contributed by atoms with Gasteiger partial charge in [0, 0.05) is 0 Å². The minimum absolute atomic E-state index is 0.0220. The van der Waals surface area contributed by atoms with Crippen molar-refractivity contribution < 1.29 is 9.53 Å². The van der Waals surface area contributed by atoms with Gasteiger partial charge in [0.15, 0.2) is 0 Å². The van der Waals surface area contributed by atoms with Gasteiger partial charge in [0.25, 0.3) is 0 Å². The summed E-state index contributed by atoms with van der Waals surface area (Å²) in [6.45, 7) is 2.06. The van der Waals surface area contributed by atoms with E-state index < -0.39 is 0 Å². The monoisotopic (exact) mass is 154 g/mol. The number of rotatable bonds is 1. The molecule has 0 amide bonds. The number of esters is 1. The average Bonchev–Trinajstić information content (AvgIpc) is 2.03. The van der Waals surface area contributed by atoms with Crippen LogP contribution in [0.3, 0.4) is 0 Å². The summed E-state index contributed by atoms with van der Waals surface area (Å²) in [7, 11) is 1.44. The van der Waals surface area contributed by atoms with E-state index in [1.807, 2.05) is 6.08 Å². The predicted molar refractivity (Wildman–Crippen MR) is 43.1 cm³/mol. The van der Waals surface area contributed by atoms with Crippen LogP contribution in [-0.4, -0.2) is 13.1 Å². The van der Waals surface area contributed by atoms with E-state index in [1.165, 1.54) is 12.7 Å². The molecular weight excluding hydrogens is 140 g/mol. The van der Waals surface area contributed by atoms with Gasteiger partial charge in [-0.05, 0) is 26.2 Å². The molecule has 0 aliphatic heterocycles. The largest absolute Gasteiger partial charge is 0.469 e. The highest BCUT2D eigenvalue weighted by molar-refractivity contribution is 5.74. The topological polar surface area (TPSA) is 26.3 Å². The molecule has 1 aliphatic rings. The lowest BCUT2D eigenvalue weighted by atomic mass is 9.91. The molecule has 1 aliphatic carbocycles. The van der Waals surface area contributed by atoms with Gasteiger partial charge in [0.2, 0.25) is 0 Å². The Morgan fingerprint density at radius 2 is 2.45 bits per heavy atom. The van der Waals surface area contributed by atoms with E-state index in [0.717, 1.165) is 19.3 Å². The molecular formula is C9H14O2. The summed E-state index contributed by atoms with van der Waals surface area (Å²) in [5, 5.41) is 0. The lowest BCUT2D eigenvalue weighted by molar-refractivity contribution is -0.144. The molecule has 1 atom stereocenters. The maximum Gasteiger partial charge on any atom is 0.312 e. The molecule has 0 N–H and O–H groups in total. The molecule has 0 heterocycles. The normalized spacial score (nSPS) is 24.2. The molecule has 0 radical (unpaired) electrons. The molecule has 0 spiro atoms. The van der Waals surface area contributed by atoms with Gasteiger partial charge in [-0.15, -0.1) is 0 Å². The summed E-state index contributed by atoms with van der Waals surface area (Å²) in [5.41, 5.74) is 1.31. The highest BCUT2D eigenvalue weighted by atomic mass is 16.5. The van der Waals surface area contributed by atoms with E-state index in [0.29, 0.717) is 0 Å². The molecule has 0 fully saturated rings. The van der Waals surface area contributed by atoms with Gasteiger partial charge in [-0.25, -0.2) is 0 Å². The second kappa shape index (κ2) is 3.56. The molecule has 0 saturated heterocycles. The van der Waals surface area contributed by atoms with E-state index in [9.17, 15) is 4.79 Å². The van der Waals surface area contributed by atoms with Crippen molar-refractivity contribution in [3.63, 3.8) is 0 Å². The minimum atomic E-state index is -0.0935. The molecule has 0 saturated carbocycles. The number of allylic oxidation sites excluding steroid dienone is 1. The molecule has 0 unspecified atom stereocenters. The van der Waals surface area contributed by atoms with Crippen LogP contribution < -0.4 is 0 Å². The van der Waals surface area contributed by atoms with E-state index in [2.05, 4.69) is 11.7 Å². The van der Waals surface area contributed by atoms with E-state index in [-0.39, 0.29) is 11.9 Å². The van der Waals surface area contributed by atoms with Crippen molar-refractivity contribution in [1.29, 1.82) is 0 Å². The number of hydrogen-bond acceptors (Lipinski definition) is 2. The van der Waals surface area contributed by atoms with Gasteiger partial charge >= 0.3 is 5.97 Å². The first-order valence-electron chi connectivity index (χ1n) is 3.99. The van der Waals surface area contributed by atoms with Crippen molar-refractivity contribution in [3.05, 3.63) is 11.6 Å². The standard InChI is InChI=1S/C9H14O2/c1-7-4-3-5-8(6-7)9(10)11-2/h6,8H,3-5H2,1-2H3/t8-/m1/s1. The van der Waals surface area contributed by atoms with Gasteiger partial charge in [0.05, 0.1) is 13.0 Å². The SMILES string of the molecule is COC(=O)[C@H]1C=C(C)CCC1. The Bertz CT molecular complexity index is 182. The van der Waals surface area contributed by atoms with Crippen LogP contribution in [-0.2, 0) is 9.53 Å². The van der Waals surface area contributed by atoms with Crippen molar-refractivity contribution in [2.24, 2.45) is 5.92 Å². The molecule has 0 aromatic rings. The van der Waals surface area contributed by atoms with Gasteiger partial charge in [-0.1, -0.05) is 11.6 Å². The van der Waals surface area contributed by atoms with Crippen molar-refractivity contribution in [3.8, 4) is 0 Å². The molecule has 11 heavy (non-hydrogen) atoms. The minimum Gasteiger partial charge on any atom is -0.469 e. The van der Waals surface area contributed by atoms with Crippen LogP contribution in [0.15, 0.2) is 11.6 Å². The zero-order valence-electron chi connectivity index (χ0n) is 7.09. The molecule has 0 aromatic carbocycles. The molecule has 1 rings (SSSR count). The maximum absolute atomic E-state index is 11.0. The third kappa shape index (κ3) is 2.07. The first-order chi connectivity index (χ1) is 5.24. The maximum atomic E-state index is 11.0. The van der Waals surface area contributed by atoms with Crippen molar-refractivity contribution in [2.45, 2.75) is 26.2 Å². The van der Waals surface area contributed by atoms with Crippen molar-refractivity contribution in [2.75, 3.05) is 7.11 Å². The van der Waals surface area contributed by atoms with E-state index in [1.54, 1.807) is 0 Å². The smallest absolute Gasteiger partial charge is 0.312 e. The summed E-state index contributed by atoms with van der Waals surface area (Å²) in [6, 6.07) is 0. The van der Waals surface area contributed by atoms with Crippen LogP contribution in [0, 0.1) is 5.92 Å². The summed E-state index contributed by atoms with van der Waals surface area (Å²) >= 11 is 0. The fourth-order valence-electron chi connectivity index (χ4n) is 1.45. The highest BCUT2D eigenvalue weighted by Crippen LogP contribution is 2.22. The number of methoxy groups -OCH3 is 1. The number of hydrogen-bond donors (Lipinski definition) is 0. The Morgan fingerprint density at radius 1 is 1.73 bits per heavy atom. The van der Waals surface area contributed by atoms with E-state index >= 15 is 0 Å². The fourth-order valence-corrected chi connectivity index (χ4v) is 1.45. The zero-order valence-corrected chi connectivity index (χ0v) is 7.09. The van der Waals surface area contributed by atoms with Gasteiger partial charge in [-0.2, -0.15) is 0 Å². The van der Waals surface area contributed by atoms with Gasteiger partial charge < -0.3 is 4.74 Å². The summed E-state index contributed by atoms with van der Waals surface area (Å²) in [5.74, 6) is -0.0715. The van der Waals surface area contributed by atoms with Gasteiger partial charge in [-0.3, -0.25) is 4.79 Å². The Balaban J connectivity index is 2.59. The third-order valence-corrected chi connectivity index (χ3v) is 2.08. The Labute approximate surface area is 67.2 Å². The Hall–Kier alpha value is -0.790. The molecule has 2 nitrogen and oxygen atoms in total. The molecule has 62 valence electrons. The molecule has 0 bridgehead atoms. The second-order valence-electron chi connectivity index (χ2n) is 3.03.